The summed E-state index contributed by atoms with van der Waals surface area (Å²) in [4.78, 5) is 17.9. The summed E-state index contributed by atoms with van der Waals surface area (Å²) in [6, 6.07) is 23.8. The SMILES string of the molecule is F[B-](F)(F)F.F[B-](F)(F)F.N#Cc1ccc([N+]#N)cc1.N#[N+]c1ccc(C(=O)c2ccccc2)cc1. The molecule has 0 fully saturated rings. The maximum absolute atomic E-state index is 12.0. The molecule has 0 radical (unpaired) electrons. The number of nitriles is 1. The molecule has 0 aliphatic carbocycles. The van der Waals surface area contributed by atoms with E-state index in [1.165, 1.54) is 0 Å². The Balaban J connectivity index is 0.000000522. The van der Waals surface area contributed by atoms with Crippen LogP contribution < -0.4 is 0 Å². The summed E-state index contributed by atoms with van der Waals surface area (Å²) in [5.41, 5.74) is 2.69. The third kappa shape index (κ3) is 16.8. The second kappa shape index (κ2) is 15.2. The first-order chi connectivity index (χ1) is 16.7. The summed E-state index contributed by atoms with van der Waals surface area (Å²) in [6.07, 6.45) is 0. The topological polar surface area (TPSA) is 97.2 Å². The second-order valence-corrected chi connectivity index (χ2v) is 6.09. The Morgan fingerprint density at radius 1 is 0.611 bits per heavy atom. The standard InChI is InChI=1S/C13H9N2O.C7H4N3.2BF4/c14-15-12-8-6-11(7-9-12)13(16)10-4-2-1-3-5-10;8-5-6-1-3-7(10-9)4-2-6;2*2-1(3,4)5/h1-9H;1-4H;;/q2*+1;2*-1. The minimum absolute atomic E-state index is 0.0370. The van der Waals surface area contributed by atoms with Gasteiger partial charge in [0.15, 0.2) is 15.7 Å². The Morgan fingerprint density at radius 3 is 1.28 bits per heavy atom. The van der Waals surface area contributed by atoms with Crippen LogP contribution in [0, 0.1) is 22.1 Å². The molecule has 6 nitrogen and oxygen atoms in total. The zero-order valence-corrected chi connectivity index (χ0v) is 17.8. The van der Waals surface area contributed by atoms with Crippen LogP contribution in [0.15, 0.2) is 78.9 Å². The Labute approximate surface area is 199 Å². The molecule has 0 spiro atoms. The average molecular weight is 513 g/mol. The van der Waals surface area contributed by atoms with Crippen LogP contribution in [0.25, 0.3) is 9.95 Å². The molecule has 0 bridgehead atoms. The lowest BCUT2D eigenvalue weighted by Crippen LogP contribution is -2.02. The molecule has 3 rings (SSSR count). The van der Waals surface area contributed by atoms with Gasteiger partial charge in [-0.1, -0.05) is 30.3 Å². The highest BCUT2D eigenvalue weighted by molar-refractivity contribution is 6.50. The fraction of sp³-hybridized carbons (Fsp3) is 0. The molecule has 3 aromatic rings. The zero-order valence-electron chi connectivity index (χ0n) is 17.8. The van der Waals surface area contributed by atoms with Crippen molar-refractivity contribution >= 4 is 31.7 Å². The van der Waals surface area contributed by atoms with Gasteiger partial charge in [0.25, 0.3) is 0 Å². The number of hydrogen-bond acceptors (Lipinski definition) is 4. The van der Waals surface area contributed by atoms with Crippen molar-refractivity contribution in [2.24, 2.45) is 0 Å². The maximum atomic E-state index is 12.0. The summed E-state index contributed by atoms with van der Waals surface area (Å²) >= 11 is 0. The van der Waals surface area contributed by atoms with Crippen molar-refractivity contribution in [3.63, 3.8) is 0 Å². The lowest BCUT2D eigenvalue weighted by atomic mass is 10.0. The average Bonchev–Trinajstić information content (AvgIpc) is 2.82. The van der Waals surface area contributed by atoms with Crippen LogP contribution in [0.2, 0.25) is 0 Å². The molecule has 0 aromatic heterocycles. The van der Waals surface area contributed by atoms with Gasteiger partial charge in [-0.05, 0) is 24.3 Å². The molecule has 0 aliphatic rings. The molecule has 0 aliphatic heterocycles. The lowest BCUT2D eigenvalue weighted by Gasteiger charge is -1.98. The van der Waals surface area contributed by atoms with E-state index in [0.717, 1.165) is 0 Å². The van der Waals surface area contributed by atoms with Gasteiger partial charge in [-0.25, -0.2) is 0 Å². The molecular weight excluding hydrogens is 500 g/mol. The number of carbonyl (C=O) groups is 1. The molecule has 0 atom stereocenters. The van der Waals surface area contributed by atoms with Crippen molar-refractivity contribution in [3.05, 3.63) is 106 Å². The van der Waals surface area contributed by atoms with E-state index in [4.69, 9.17) is 16.0 Å². The third-order valence-electron chi connectivity index (χ3n) is 3.39. The van der Waals surface area contributed by atoms with Crippen LogP contribution in [0.1, 0.15) is 21.5 Å². The van der Waals surface area contributed by atoms with Crippen molar-refractivity contribution in [1.82, 2.24) is 0 Å². The number of benzene rings is 3. The summed E-state index contributed by atoms with van der Waals surface area (Å²) in [6.45, 7) is 0. The number of ketones is 1. The molecule has 0 unspecified atom stereocenters. The van der Waals surface area contributed by atoms with Crippen LogP contribution >= 0.6 is 0 Å². The first kappa shape index (κ1) is 31.2. The molecular formula is C20H13B2F8N5O. The highest BCUT2D eigenvalue weighted by Crippen LogP contribution is 2.15. The second-order valence-electron chi connectivity index (χ2n) is 6.09. The van der Waals surface area contributed by atoms with Crippen molar-refractivity contribution < 1.29 is 39.3 Å². The molecule has 0 saturated carbocycles. The van der Waals surface area contributed by atoms with Crippen LogP contribution in [-0.2, 0) is 0 Å². The third-order valence-corrected chi connectivity index (χ3v) is 3.39. The van der Waals surface area contributed by atoms with E-state index in [2.05, 4.69) is 9.95 Å². The summed E-state index contributed by atoms with van der Waals surface area (Å²) in [5, 5.41) is 25.1. The van der Waals surface area contributed by atoms with Crippen molar-refractivity contribution in [2.75, 3.05) is 0 Å². The van der Waals surface area contributed by atoms with E-state index in [1.807, 2.05) is 24.3 Å². The molecule has 16 heteroatoms. The van der Waals surface area contributed by atoms with Gasteiger partial charge in [0.1, 0.15) is 0 Å². The van der Waals surface area contributed by atoms with E-state index >= 15 is 0 Å². The van der Waals surface area contributed by atoms with Gasteiger partial charge in [-0.15, -0.1) is 0 Å². The Morgan fingerprint density at radius 2 is 0.944 bits per heavy atom. The Bertz CT molecular complexity index is 1160. The van der Waals surface area contributed by atoms with Gasteiger partial charge in [0, 0.05) is 35.4 Å². The summed E-state index contributed by atoms with van der Waals surface area (Å²) in [7, 11) is -12.0. The van der Waals surface area contributed by atoms with Crippen molar-refractivity contribution in [1.29, 1.82) is 16.0 Å². The number of carbonyl (C=O) groups excluding carboxylic acids is 1. The minimum atomic E-state index is -6.00. The highest BCUT2D eigenvalue weighted by Gasteiger charge is 2.21. The van der Waals surface area contributed by atoms with Crippen molar-refractivity contribution in [2.45, 2.75) is 0 Å². The van der Waals surface area contributed by atoms with E-state index < -0.39 is 14.5 Å². The van der Waals surface area contributed by atoms with Gasteiger partial charge < -0.3 is 34.5 Å². The largest absolute Gasteiger partial charge is 0.673 e. The predicted molar refractivity (Wildman–Crippen MR) is 117 cm³/mol. The number of hydrogen-bond donors (Lipinski definition) is 0. The fourth-order valence-electron chi connectivity index (χ4n) is 2.04. The molecule has 0 heterocycles. The van der Waals surface area contributed by atoms with Gasteiger partial charge >= 0.3 is 25.9 Å². The molecule has 0 saturated heterocycles. The van der Waals surface area contributed by atoms with Crippen molar-refractivity contribution in [3.8, 4) is 6.07 Å². The van der Waals surface area contributed by atoms with E-state index in [1.54, 1.807) is 60.7 Å². The maximum Gasteiger partial charge on any atom is 0.673 e. The van der Waals surface area contributed by atoms with Crippen LogP contribution in [-0.4, -0.2) is 20.3 Å². The smallest absolute Gasteiger partial charge is 0.418 e. The highest BCUT2D eigenvalue weighted by atomic mass is 19.5. The Hall–Kier alpha value is -4.77. The molecule has 36 heavy (non-hydrogen) atoms. The van der Waals surface area contributed by atoms with E-state index in [0.29, 0.717) is 28.1 Å². The monoisotopic (exact) mass is 513 g/mol. The Kier molecular flexibility index (Phi) is 13.2. The van der Waals surface area contributed by atoms with E-state index in [9.17, 15) is 39.3 Å². The zero-order chi connectivity index (χ0) is 27.8. The van der Waals surface area contributed by atoms with Crippen LogP contribution in [0.4, 0.5) is 45.9 Å². The van der Waals surface area contributed by atoms with Gasteiger partial charge in [0.05, 0.1) is 11.6 Å². The van der Waals surface area contributed by atoms with Gasteiger partial charge in [0.2, 0.25) is 10.8 Å². The number of rotatable bonds is 2. The lowest BCUT2D eigenvalue weighted by molar-refractivity contribution is 0.103. The van der Waals surface area contributed by atoms with Crippen LogP contribution in [0.5, 0.6) is 0 Å². The first-order valence-electron chi connectivity index (χ1n) is 9.32. The van der Waals surface area contributed by atoms with Gasteiger partial charge in [-0.3, -0.25) is 4.79 Å². The first-order valence-corrected chi connectivity index (χ1v) is 9.32. The van der Waals surface area contributed by atoms with Crippen LogP contribution in [0.3, 0.4) is 0 Å². The molecule has 0 N–H and O–H groups in total. The number of halogens is 8. The quantitative estimate of drug-likeness (QED) is 0.150. The summed E-state index contributed by atoms with van der Waals surface area (Å²) in [5.74, 6) is -0.0370. The molecule has 186 valence electrons. The number of nitrogens with zero attached hydrogens (tertiary/aromatic N) is 5. The van der Waals surface area contributed by atoms with E-state index in [-0.39, 0.29) is 5.78 Å². The minimum Gasteiger partial charge on any atom is -0.418 e. The normalized spacial score (nSPS) is 9.69. The number of diazo groups is 2. The fourth-order valence-corrected chi connectivity index (χ4v) is 2.04. The predicted octanol–water partition coefficient (Wildman–Crippen LogP) is 8.05. The molecule has 3 aromatic carbocycles. The summed E-state index contributed by atoms with van der Waals surface area (Å²) < 4.78 is 78.0. The van der Waals surface area contributed by atoms with Gasteiger partial charge in [-0.2, -0.15) is 5.26 Å². The molecule has 0 amide bonds.